The number of nitrogens with zero attached hydrogens (tertiary/aromatic N) is 4. The maximum Gasteiger partial charge on any atom is 0.275 e. The van der Waals surface area contributed by atoms with Crippen molar-refractivity contribution in [3.05, 3.63) is 77.7 Å². The molecule has 0 radical (unpaired) electrons. The molecule has 0 unspecified atom stereocenters. The third-order valence-corrected chi connectivity index (χ3v) is 4.12. The second kappa shape index (κ2) is 7.24. The molecule has 0 saturated carbocycles. The minimum atomic E-state index is -0.134. The summed E-state index contributed by atoms with van der Waals surface area (Å²) in [6.45, 7) is 5.96. The van der Waals surface area contributed by atoms with Crippen molar-refractivity contribution in [2.45, 2.75) is 26.8 Å². The van der Waals surface area contributed by atoms with Crippen molar-refractivity contribution in [1.29, 1.82) is 5.26 Å². The first-order valence-corrected chi connectivity index (χ1v) is 8.46. The van der Waals surface area contributed by atoms with Crippen molar-refractivity contribution < 1.29 is 4.79 Å². The molecule has 0 saturated heterocycles. The van der Waals surface area contributed by atoms with Gasteiger partial charge in [-0.2, -0.15) is 5.26 Å². The van der Waals surface area contributed by atoms with Crippen LogP contribution in [0.2, 0.25) is 0 Å². The lowest BCUT2D eigenvalue weighted by molar-refractivity contribution is 0.0973. The molecule has 26 heavy (non-hydrogen) atoms. The molecule has 0 aliphatic carbocycles. The Bertz CT molecular complexity index is 981. The van der Waals surface area contributed by atoms with Gasteiger partial charge in [-0.05, 0) is 62.7 Å². The molecule has 1 aromatic carbocycles. The summed E-state index contributed by atoms with van der Waals surface area (Å²) in [5.41, 5.74) is 2.83. The van der Waals surface area contributed by atoms with Crippen molar-refractivity contribution in [2.24, 2.45) is 0 Å². The lowest BCUT2D eigenvalue weighted by Gasteiger charge is -2.27. The number of pyridine rings is 1. The van der Waals surface area contributed by atoms with E-state index in [0.717, 1.165) is 11.3 Å². The van der Waals surface area contributed by atoms with E-state index in [1.165, 1.54) is 0 Å². The smallest absolute Gasteiger partial charge is 0.275 e. The summed E-state index contributed by atoms with van der Waals surface area (Å²) in [6, 6.07) is 16.9. The maximum absolute atomic E-state index is 13.3. The summed E-state index contributed by atoms with van der Waals surface area (Å²) in [7, 11) is 0. The normalized spacial score (nSPS) is 10.6. The lowest BCUT2D eigenvalue weighted by atomic mass is 10.1. The van der Waals surface area contributed by atoms with Crippen LogP contribution < -0.4 is 4.90 Å². The van der Waals surface area contributed by atoms with E-state index < -0.39 is 0 Å². The number of hydrogen-bond acceptors (Lipinski definition) is 3. The van der Waals surface area contributed by atoms with Gasteiger partial charge in [-0.15, -0.1) is 0 Å². The fourth-order valence-electron chi connectivity index (χ4n) is 2.97. The fourth-order valence-corrected chi connectivity index (χ4v) is 2.97. The van der Waals surface area contributed by atoms with Gasteiger partial charge < -0.3 is 4.90 Å². The van der Waals surface area contributed by atoms with E-state index in [9.17, 15) is 10.1 Å². The predicted molar refractivity (Wildman–Crippen MR) is 101 cm³/mol. The molecule has 0 aliphatic rings. The molecule has 1 amide bonds. The van der Waals surface area contributed by atoms with Crippen LogP contribution in [0.15, 0.2) is 60.9 Å². The van der Waals surface area contributed by atoms with Crippen LogP contribution in [0.4, 0.5) is 5.69 Å². The Morgan fingerprint density at radius 1 is 1.19 bits per heavy atom. The summed E-state index contributed by atoms with van der Waals surface area (Å²) < 4.78 is 1.67. The van der Waals surface area contributed by atoms with Crippen LogP contribution in [0.25, 0.3) is 5.82 Å². The SMILES string of the molecule is Cc1cccc(N(C(=O)c2cccn2-c2ncccc2C#N)C(C)C)c1. The van der Waals surface area contributed by atoms with Crippen LogP contribution in [-0.4, -0.2) is 21.5 Å². The topological polar surface area (TPSA) is 61.9 Å². The largest absolute Gasteiger partial charge is 0.305 e. The zero-order valence-electron chi connectivity index (χ0n) is 15.0. The van der Waals surface area contributed by atoms with Crippen molar-refractivity contribution in [1.82, 2.24) is 9.55 Å². The van der Waals surface area contributed by atoms with E-state index in [1.54, 1.807) is 46.1 Å². The van der Waals surface area contributed by atoms with Gasteiger partial charge in [0.1, 0.15) is 11.8 Å². The number of benzene rings is 1. The van der Waals surface area contributed by atoms with Crippen LogP contribution in [0.5, 0.6) is 0 Å². The van der Waals surface area contributed by atoms with Crippen LogP contribution in [0.1, 0.15) is 35.5 Å². The zero-order chi connectivity index (χ0) is 18.7. The van der Waals surface area contributed by atoms with Gasteiger partial charge in [0.15, 0.2) is 5.82 Å². The Morgan fingerprint density at radius 3 is 2.69 bits per heavy atom. The maximum atomic E-state index is 13.3. The molecule has 2 heterocycles. The number of rotatable bonds is 4. The van der Waals surface area contributed by atoms with Crippen LogP contribution >= 0.6 is 0 Å². The molecule has 5 nitrogen and oxygen atoms in total. The lowest BCUT2D eigenvalue weighted by Crippen LogP contribution is -2.38. The average Bonchev–Trinajstić information content (AvgIpc) is 3.11. The Labute approximate surface area is 153 Å². The third-order valence-electron chi connectivity index (χ3n) is 4.12. The second-order valence-electron chi connectivity index (χ2n) is 6.36. The van der Waals surface area contributed by atoms with Gasteiger partial charge in [-0.25, -0.2) is 4.98 Å². The number of amides is 1. The van der Waals surface area contributed by atoms with Gasteiger partial charge in [0.25, 0.3) is 5.91 Å². The highest BCUT2D eigenvalue weighted by molar-refractivity contribution is 6.05. The van der Waals surface area contributed by atoms with E-state index in [-0.39, 0.29) is 11.9 Å². The van der Waals surface area contributed by atoms with Gasteiger partial charge in [0.05, 0.1) is 5.56 Å². The number of aryl methyl sites for hydroxylation is 1. The average molecular weight is 344 g/mol. The first-order valence-electron chi connectivity index (χ1n) is 8.46. The van der Waals surface area contributed by atoms with E-state index in [0.29, 0.717) is 17.1 Å². The van der Waals surface area contributed by atoms with E-state index in [2.05, 4.69) is 11.1 Å². The fraction of sp³-hybridized carbons (Fsp3) is 0.190. The summed E-state index contributed by atoms with van der Waals surface area (Å²) in [6.07, 6.45) is 3.37. The molecule has 0 bridgehead atoms. The molecule has 3 rings (SSSR count). The molecular formula is C21H20N4O. The third kappa shape index (κ3) is 3.22. The number of carbonyl (C=O) groups excluding carboxylic acids is 1. The number of carbonyl (C=O) groups is 1. The van der Waals surface area contributed by atoms with Crippen LogP contribution in [0, 0.1) is 18.3 Å². The summed E-state index contributed by atoms with van der Waals surface area (Å²) >= 11 is 0. The van der Waals surface area contributed by atoms with E-state index in [4.69, 9.17) is 0 Å². The van der Waals surface area contributed by atoms with Crippen molar-refractivity contribution in [2.75, 3.05) is 4.90 Å². The van der Waals surface area contributed by atoms with Gasteiger partial charge in [0.2, 0.25) is 0 Å². The summed E-state index contributed by atoms with van der Waals surface area (Å²) in [4.78, 5) is 19.4. The van der Waals surface area contributed by atoms with Gasteiger partial charge in [-0.3, -0.25) is 9.36 Å². The highest BCUT2D eigenvalue weighted by Crippen LogP contribution is 2.23. The molecule has 0 spiro atoms. The zero-order valence-corrected chi connectivity index (χ0v) is 15.0. The molecule has 5 heteroatoms. The van der Waals surface area contributed by atoms with Crippen molar-refractivity contribution in [3.8, 4) is 11.9 Å². The molecule has 0 fully saturated rings. The number of hydrogen-bond donors (Lipinski definition) is 0. The molecule has 2 aromatic heterocycles. The highest BCUT2D eigenvalue weighted by atomic mass is 16.2. The minimum absolute atomic E-state index is 0.0215. The summed E-state index contributed by atoms with van der Waals surface area (Å²) in [5, 5.41) is 9.35. The van der Waals surface area contributed by atoms with Crippen molar-refractivity contribution in [3.63, 3.8) is 0 Å². The van der Waals surface area contributed by atoms with Gasteiger partial charge in [-0.1, -0.05) is 12.1 Å². The van der Waals surface area contributed by atoms with E-state index >= 15 is 0 Å². The minimum Gasteiger partial charge on any atom is -0.305 e. The Balaban J connectivity index is 2.08. The molecule has 0 aliphatic heterocycles. The van der Waals surface area contributed by atoms with E-state index in [1.807, 2.05) is 45.0 Å². The first-order chi connectivity index (χ1) is 12.5. The molecule has 0 atom stereocenters. The second-order valence-corrected chi connectivity index (χ2v) is 6.36. The van der Waals surface area contributed by atoms with Gasteiger partial charge >= 0.3 is 0 Å². The summed E-state index contributed by atoms with van der Waals surface area (Å²) in [5.74, 6) is 0.321. The number of nitriles is 1. The molecular weight excluding hydrogens is 324 g/mol. The van der Waals surface area contributed by atoms with Crippen LogP contribution in [-0.2, 0) is 0 Å². The number of aromatic nitrogens is 2. The predicted octanol–water partition coefficient (Wildman–Crippen LogP) is 4.11. The van der Waals surface area contributed by atoms with Gasteiger partial charge in [0, 0.05) is 24.1 Å². The first kappa shape index (κ1) is 17.4. The number of anilines is 1. The quantitative estimate of drug-likeness (QED) is 0.715. The molecule has 0 N–H and O–H groups in total. The van der Waals surface area contributed by atoms with Crippen molar-refractivity contribution >= 4 is 11.6 Å². The Hall–Kier alpha value is -3.39. The standard InChI is InChI=1S/C21H20N4O/c1-15(2)25(18-9-4-7-16(3)13-18)21(26)19-10-6-12-24(19)20-17(14-22)8-5-11-23-20/h4-13,15H,1-3H3. The Kier molecular flexibility index (Phi) is 4.85. The monoisotopic (exact) mass is 344 g/mol. The van der Waals surface area contributed by atoms with Crippen LogP contribution in [0.3, 0.4) is 0 Å². The molecule has 3 aromatic rings. The Morgan fingerprint density at radius 2 is 2.00 bits per heavy atom. The highest BCUT2D eigenvalue weighted by Gasteiger charge is 2.24. The molecule has 130 valence electrons.